The number of hydrogen-bond donors (Lipinski definition) is 1. The predicted octanol–water partition coefficient (Wildman–Crippen LogP) is 5.09. The van der Waals surface area contributed by atoms with Crippen molar-refractivity contribution < 1.29 is 0 Å². The molecule has 1 atom stereocenters. The maximum absolute atomic E-state index is 3.62. The predicted molar refractivity (Wildman–Crippen MR) is 90.6 cm³/mol. The zero-order valence-corrected chi connectivity index (χ0v) is 14.2. The summed E-state index contributed by atoms with van der Waals surface area (Å²) in [4.78, 5) is 0. The lowest BCUT2D eigenvalue weighted by Gasteiger charge is -2.21. The molecule has 1 N–H and O–H groups in total. The zero-order valence-electron chi connectivity index (χ0n) is 11.8. The van der Waals surface area contributed by atoms with Crippen LogP contribution >= 0.6 is 27.3 Å². The number of aryl methyl sites for hydroxylation is 2. The Kier molecular flexibility index (Phi) is 4.59. The molecule has 0 saturated heterocycles. The second-order valence-corrected chi connectivity index (χ2v) is 7.70. The van der Waals surface area contributed by atoms with Gasteiger partial charge in [0.05, 0.1) is 9.83 Å². The van der Waals surface area contributed by atoms with E-state index in [1.807, 2.05) is 0 Å². The molecule has 0 saturated carbocycles. The first-order chi connectivity index (χ1) is 9.78. The highest BCUT2D eigenvalue weighted by atomic mass is 79.9. The van der Waals surface area contributed by atoms with E-state index in [2.05, 4.69) is 57.8 Å². The first-order valence-electron chi connectivity index (χ1n) is 7.37. The van der Waals surface area contributed by atoms with Gasteiger partial charge in [-0.25, -0.2) is 0 Å². The molecule has 0 spiro atoms. The molecule has 1 unspecified atom stereocenters. The Morgan fingerprint density at radius 1 is 1.15 bits per heavy atom. The average molecular weight is 350 g/mol. The van der Waals surface area contributed by atoms with Gasteiger partial charge in [-0.3, -0.25) is 0 Å². The van der Waals surface area contributed by atoms with Crippen LogP contribution in [0, 0.1) is 0 Å². The van der Waals surface area contributed by atoms with Gasteiger partial charge in [0, 0.05) is 0 Å². The van der Waals surface area contributed by atoms with Crippen LogP contribution in [0.15, 0.2) is 33.4 Å². The van der Waals surface area contributed by atoms with Gasteiger partial charge in [-0.05, 0) is 81.9 Å². The number of hydrogen-bond acceptors (Lipinski definition) is 2. The molecule has 0 bridgehead atoms. The molecule has 3 rings (SSSR count). The molecule has 1 heterocycles. The summed E-state index contributed by atoms with van der Waals surface area (Å²) in [5.74, 6) is 0. The molecule has 1 aromatic heterocycles. The largest absolute Gasteiger partial charge is 0.307 e. The van der Waals surface area contributed by atoms with Crippen molar-refractivity contribution in [3.05, 3.63) is 55.7 Å². The van der Waals surface area contributed by atoms with Crippen LogP contribution in [-0.4, -0.2) is 6.54 Å². The Bertz CT molecular complexity index is 590. The molecule has 0 amide bonds. The van der Waals surface area contributed by atoms with Crippen LogP contribution in [-0.2, 0) is 12.8 Å². The summed E-state index contributed by atoms with van der Waals surface area (Å²) in [6.07, 6.45) is 5.19. The fraction of sp³-hybridized carbons (Fsp3) is 0.412. The summed E-state index contributed by atoms with van der Waals surface area (Å²) in [6.45, 7) is 3.15. The van der Waals surface area contributed by atoms with E-state index in [4.69, 9.17) is 0 Å². The number of thiophene rings is 1. The lowest BCUT2D eigenvalue weighted by molar-refractivity contribution is 0.627. The number of halogens is 1. The van der Waals surface area contributed by atoms with Gasteiger partial charge < -0.3 is 5.32 Å². The van der Waals surface area contributed by atoms with Crippen molar-refractivity contribution in [1.29, 1.82) is 0 Å². The molecule has 1 aliphatic carbocycles. The molecule has 106 valence electrons. The van der Waals surface area contributed by atoms with Crippen molar-refractivity contribution >= 4 is 27.3 Å². The molecular formula is C17H20BrNS. The van der Waals surface area contributed by atoms with Gasteiger partial charge in [-0.1, -0.05) is 25.1 Å². The summed E-state index contributed by atoms with van der Waals surface area (Å²) in [5.41, 5.74) is 5.88. The van der Waals surface area contributed by atoms with Gasteiger partial charge in [-0.15, -0.1) is 11.3 Å². The normalized spacial score (nSPS) is 15.9. The zero-order chi connectivity index (χ0) is 13.9. The Hall–Kier alpha value is -0.640. The second kappa shape index (κ2) is 6.42. The van der Waals surface area contributed by atoms with E-state index in [0.717, 1.165) is 6.54 Å². The Labute approximate surface area is 133 Å². The molecule has 1 aromatic carbocycles. The summed E-state index contributed by atoms with van der Waals surface area (Å²) in [6, 6.07) is 9.62. The monoisotopic (exact) mass is 349 g/mol. The fourth-order valence-corrected chi connectivity index (χ4v) is 4.24. The smallest absolute Gasteiger partial charge is 0.0701 e. The van der Waals surface area contributed by atoms with Crippen LogP contribution < -0.4 is 5.32 Å². The summed E-state index contributed by atoms with van der Waals surface area (Å²) in [7, 11) is 0. The highest BCUT2D eigenvalue weighted by molar-refractivity contribution is 9.11. The molecule has 20 heavy (non-hydrogen) atoms. The summed E-state index contributed by atoms with van der Waals surface area (Å²) < 4.78 is 1.20. The van der Waals surface area contributed by atoms with E-state index < -0.39 is 0 Å². The SMILES string of the molecule is CCNC(c1csc(Br)c1)c1ccc2c(c1)CCCC2. The summed E-state index contributed by atoms with van der Waals surface area (Å²) >= 11 is 5.33. The summed E-state index contributed by atoms with van der Waals surface area (Å²) in [5, 5.41) is 5.87. The van der Waals surface area contributed by atoms with E-state index in [0.29, 0.717) is 6.04 Å². The molecule has 1 aliphatic rings. The third kappa shape index (κ3) is 3.00. The molecule has 1 nitrogen and oxygen atoms in total. The van der Waals surface area contributed by atoms with Crippen molar-refractivity contribution in [2.45, 2.75) is 38.6 Å². The second-order valence-electron chi connectivity index (χ2n) is 5.41. The Balaban J connectivity index is 1.95. The van der Waals surface area contributed by atoms with Gasteiger partial charge in [0.15, 0.2) is 0 Å². The molecular weight excluding hydrogens is 330 g/mol. The minimum absolute atomic E-state index is 0.315. The highest BCUT2D eigenvalue weighted by Gasteiger charge is 2.17. The fourth-order valence-electron chi connectivity index (χ4n) is 3.04. The number of nitrogens with one attached hydrogen (secondary N) is 1. The third-order valence-corrected chi connectivity index (χ3v) is 5.56. The number of rotatable bonds is 4. The average Bonchev–Trinajstić information content (AvgIpc) is 2.90. The van der Waals surface area contributed by atoms with Crippen LogP contribution in [0.4, 0.5) is 0 Å². The van der Waals surface area contributed by atoms with Crippen LogP contribution in [0.2, 0.25) is 0 Å². The molecule has 2 aromatic rings. The van der Waals surface area contributed by atoms with Crippen LogP contribution in [0.5, 0.6) is 0 Å². The standard InChI is InChI=1S/C17H20BrNS/c1-2-19-17(15-10-16(18)20-11-15)14-8-7-12-5-3-4-6-13(12)9-14/h7-11,17,19H,2-6H2,1H3. The molecule has 0 fully saturated rings. The van der Waals surface area contributed by atoms with Crippen molar-refractivity contribution in [2.75, 3.05) is 6.54 Å². The minimum Gasteiger partial charge on any atom is -0.307 e. The van der Waals surface area contributed by atoms with E-state index in [1.54, 1.807) is 22.5 Å². The van der Waals surface area contributed by atoms with Gasteiger partial charge in [0.2, 0.25) is 0 Å². The van der Waals surface area contributed by atoms with Crippen molar-refractivity contribution in [1.82, 2.24) is 5.32 Å². The van der Waals surface area contributed by atoms with Gasteiger partial charge in [0.1, 0.15) is 0 Å². The minimum atomic E-state index is 0.315. The lowest BCUT2D eigenvalue weighted by atomic mass is 9.88. The maximum Gasteiger partial charge on any atom is 0.0701 e. The van der Waals surface area contributed by atoms with Crippen molar-refractivity contribution in [2.24, 2.45) is 0 Å². The van der Waals surface area contributed by atoms with E-state index in [-0.39, 0.29) is 0 Å². The van der Waals surface area contributed by atoms with Crippen molar-refractivity contribution in [3.63, 3.8) is 0 Å². The Morgan fingerprint density at radius 2 is 1.95 bits per heavy atom. The highest BCUT2D eigenvalue weighted by Crippen LogP contribution is 2.31. The van der Waals surface area contributed by atoms with E-state index >= 15 is 0 Å². The van der Waals surface area contributed by atoms with Crippen molar-refractivity contribution in [3.8, 4) is 0 Å². The van der Waals surface area contributed by atoms with Gasteiger partial charge in [0.25, 0.3) is 0 Å². The molecule has 3 heteroatoms. The van der Waals surface area contributed by atoms with Crippen LogP contribution in [0.1, 0.15) is 48.1 Å². The quantitative estimate of drug-likeness (QED) is 0.810. The first kappa shape index (κ1) is 14.3. The lowest BCUT2D eigenvalue weighted by Crippen LogP contribution is -2.22. The Morgan fingerprint density at radius 3 is 2.65 bits per heavy atom. The molecule has 0 aliphatic heterocycles. The topological polar surface area (TPSA) is 12.0 Å². The van der Waals surface area contributed by atoms with E-state index in [1.165, 1.54) is 40.6 Å². The first-order valence-corrected chi connectivity index (χ1v) is 9.04. The van der Waals surface area contributed by atoms with Crippen LogP contribution in [0.3, 0.4) is 0 Å². The number of benzene rings is 1. The third-order valence-electron chi connectivity index (χ3n) is 4.04. The van der Waals surface area contributed by atoms with Gasteiger partial charge in [-0.2, -0.15) is 0 Å². The molecule has 0 radical (unpaired) electrons. The van der Waals surface area contributed by atoms with Crippen LogP contribution in [0.25, 0.3) is 0 Å². The van der Waals surface area contributed by atoms with Gasteiger partial charge >= 0.3 is 0 Å². The van der Waals surface area contributed by atoms with E-state index in [9.17, 15) is 0 Å². The maximum atomic E-state index is 3.62. The number of fused-ring (bicyclic) bond motifs is 1.